The first-order valence-corrected chi connectivity index (χ1v) is 8.00. The second-order valence-electron chi connectivity index (χ2n) is 4.75. The molecule has 110 valence electrons. The third-order valence-electron chi connectivity index (χ3n) is 3.17. The van der Waals surface area contributed by atoms with Gasteiger partial charge in [-0.1, -0.05) is 6.42 Å². The molecule has 0 bridgehead atoms. The van der Waals surface area contributed by atoms with Crippen molar-refractivity contribution in [3.63, 3.8) is 0 Å². The van der Waals surface area contributed by atoms with Crippen LogP contribution in [0, 0.1) is 5.41 Å². The van der Waals surface area contributed by atoms with Gasteiger partial charge < -0.3 is 10.5 Å². The Morgan fingerprint density at radius 2 is 1.80 bits per heavy atom. The summed E-state index contributed by atoms with van der Waals surface area (Å²) in [5.41, 5.74) is 5.19. The van der Waals surface area contributed by atoms with Gasteiger partial charge in [-0.3, -0.25) is 5.41 Å². The van der Waals surface area contributed by atoms with Crippen LogP contribution in [0.3, 0.4) is 0 Å². The van der Waals surface area contributed by atoms with Crippen molar-refractivity contribution in [2.45, 2.75) is 24.2 Å². The largest absolute Gasteiger partial charge is 0.486 e. The molecule has 1 aromatic carbocycles. The molecule has 0 atom stereocenters. The third kappa shape index (κ3) is 3.49. The molecule has 6 nitrogen and oxygen atoms in total. The van der Waals surface area contributed by atoms with E-state index in [0.717, 1.165) is 19.3 Å². The summed E-state index contributed by atoms with van der Waals surface area (Å²) in [5, 5.41) is 7.07. The van der Waals surface area contributed by atoms with Crippen molar-refractivity contribution in [1.29, 1.82) is 5.41 Å². The van der Waals surface area contributed by atoms with Gasteiger partial charge in [0.15, 0.2) is 0 Å². The topological polar surface area (TPSA) is 96.5 Å². The summed E-state index contributed by atoms with van der Waals surface area (Å²) in [5.74, 6) is 0.424. The average molecular weight is 297 g/mol. The van der Waals surface area contributed by atoms with Crippen LogP contribution in [-0.2, 0) is 10.0 Å². The number of sulfonamides is 1. The number of amidine groups is 1. The first kappa shape index (κ1) is 14.8. The van der Waals surface area contributed by atoms with Crippen molar-refractivity contribution in [2.75, 3.05) is 19.7 Å². The Morgan fingerprint density at radius 3 is 2.35 bits per heavy atom. The number of nitrogens with one attached hydrogen (secondary N) is 1. The van der Waals surface area contributed by atoms with Crippen LogP contribution in [0.5, 0.6) is 5.75 Å². The highest BCUT2D eigenvalue weighted by atomic mass is 32.2. The lowest BCUT2D eigenvalue weighted by molar-refractivity contribution is 0.346. The number of nitrogens with zero attached hydrogens (tertiary/aromatic N) is 1. The number of hydrogen-bond acceptors (Lipinski definition) is 4. The van der Waals surface area contributed by atoms with Crippen molar-refractivity contribution >= 4 is 15.9 Å². The van der Waals surface area contributed by atoms with Crippen LogP contribution in [0.1, 0.15) is 19.3 Å². The average Bonchev–Trinajstić information content (AvgIpc) is 2.46. The summed E-state index contributed by atoms with van der Waals surface area (Å²) >= 11 is 0. The van der Waals surface area contributed by atoms with Gasteiger partial charge in [0.05, 0.1) is 4.90 Å². The Bertz CT molecular complexity index is 563. The molecule has 0 unspecified atom stereocenters. The monoisotopic (exact) mass is 297 g/mol. The lowest BCUT2D eigenvalue weighted by Gasteiger charge is -2.25. The molecule has 1 heterocycles. The zero-order valence-electron chi connectivity index (χ0n) is 11.2. The highest BCUT2D eigenvalue weighted by Gasteiger charge is 2.25. The Kier molecular flexibility index (Phi) is 4.61. The molecular weight excluding hydrogens is 278 g/mol. The molecule has 1 aromatic rings. The van der Waals surface area contributed by atoms with E-state index >= 15 is 0 Å². The molecule has 0 aliphatic carbocycles. The van der Waals surface area contributed by atoms with E-state index in [0.29, 0.717) is 18.8 Å². The number of benzene rings is 1. The number of nitrogens with two attached hydrogens (primary N) is 1. The molecule has 1 aliphatic rings. The van der Waals surface area contributed by atoms with Gasteiger partial charge in [0.1, 0.15) is 18.2 Å². The van der Waals surface area contributed by atoms with Crippen LogP contribution in [0.25, 0.3) is 0 Å². The molecule has 1 aliphatic heterocycles. The lowest BCUT2D eigenvalue weighted by Crippen LogP contribution is -2.35. The number of piperidine rings is 1. The van der Waals surface area contributed by atoms with Crippen molar-refractivity contribution < 1.29 is 13.2 Å². The van der Waals surface area contributed by atoms with Gasteiger partial charge >= 0.3 is 0 Å². The first-order valence-electron chi connectivity index (χ1n) is 6.56. The van der Waals surface area contributed by atoms with Gasteiger partial charge in [-0.25, -0.2) is 8.42 Å². The van der Waals surface area contributed by atoms with E-state index in [-0.39, 0.29) is 17.3 Å². The SMILES string of the molecule is N=C(N)COc1ccc(S(=O)(=O)N2CCCCC2)cc1. The van der Waals surface area contributed by atoms with Crippen molar-refractivity contribution in [1.82, 2.24) is 4.31 Å². The van der Waals surface area contributed by atoms with Gasteiger partial charge in [0.25, 0.3) is 0 Å². The van der Waals surface area contributed by atoms with Crippen molar-refractivity contribution in [3.8, 4) is 5.75 Å². The summed E-state index contributed by atoms with van der Waals surface area (Å²) in [6.07, 6.45) is 2.92. The molecule has 1 saturated heterocycles. The Balaban J connectivity index is 2.10. The fourth-order valence-corrected chi connectivity index (χ4v) is 3.64. The van der Waals surface area contributed by atoms with Gasteiger partial charge in [-0.15, -0.1) is 0 Å². The molecule has 0 aromatic heterocycles. The maximum atomic E-state index is 12.4. The van der Waals surface area contributed by atoms with Crippen LogP contribution in [-0.4, -0.2) is 38.3 Å². The van der Waals surface area contributed by atoms with Crippen LogP contribution >= 0.6 is 0 Å². The minimum atomic E-state index is -3.40. The molecule has 0 radical (unpaired) electrons. The number of hydrogen-bond donors (Lipinski definition) is 2. The predicted octanol–water partition coefficient (Wildman–Crippen LogP) is 1.18. The summed E-state index contributed by atoms with van der Waals surface area (Å²) in [6.45, 7) is 1.17. The van der Waals surface area contributed by atoms with Crippen molar-refractivity contribution in [2.24, 2.45) is 5.73 Å². The van der Waals surface area contributed by atoms with Crippen molar-refractivity contribution in [3.05, 3.63) is 24.3 Å². The summed E-state index contributed by atoms with van der Waals surface area (Å²) in [7, 11) is -3.40. The second kappa shape index (κ2) is 6.23. The van der Waals surface area contributed by atoms with E-state index in [9.17, 15) is 8.42 Å². The highest BCUT2D eigenvalue weighted by Crippen LogP contribution is 2.22. The van der Waals surface area contributed by atoms with E-state index in [2.05, 4.69) is 0 Å². The molecule has 3 N–H and O–H groups in total. The molecule has 20 heavy (non-hydrogen) atoms. The first-order chi connectivity index (χ1) is 9.50. The standard InChI is InChI=1S/C13H19N3O3S/c14-13(15)10-19-11-4-6-12(7-5-11)20(17,18)16-8-2-1-3-9-16/h4-7H,1-3,8-10H2,(H3,14,15). The highest BCUT2D eigenvalue weighted by molar-refractivity contribution is 7.89. The molecule has 0 amide bonds. The summed E-state index contributed by atoms with van der Waals surface area (Å²) in [4.78, 5) is 0.273. The van der Waals surface area contributed by atoms with E-state index in [4.69, 9.17) is 15.9 Å². The normalized spacial score (nSPS) is 16.8. The molecular formula is C13H19N3O3S. The predicted molar refractivity (Wildman–Crippen MR) is 76.5 cm³/mol. The smallest absolute Gasteiger partial charge is 0.243 e. The van der Waals surface area contributed by atoms with Crippen LogP contribution in [0.4, 0.5) is 0 Å². The molecule has 0 spiro atoms. The maximum absolute atomic E-state index is 12.4. The van der Waals surface area contributed by atoms with Crippen LogP contribution in [0.15, 0.2) is 29.2 Å². The molecule has 0 saturated carbocycles. The third-order valence-corrected chi connectivity index (χ3v) is 5.08. The number of ether oxygens (including phenoxy) is 1. The lowest BCUT2D eigenvalue weighted by atomic mass is 10.2. The summed E-state index contributed by atoms with van der Waals surface area (Å²) in [6, 6.07) is 6.22. The molecule has 2 rings (SSSR count). The van der Waals surface area contributed by atoms with Gasteiger partial charge in [0, 0.05) is 13.1 Å². The second-order valence-corrected chi connectivity index (χ2v) is 6.69. The fraction of sp³-hybridized carbons (Fsp3) is 0.462. The van der Waals surface area contributed by atoms with E-state index < -0.39 is 10.0 Å². The van der Waals surface area contributed by atoms with Crippen LogP contribution < -0.4 is 10.5 Å². The fourth-order valence-electron chi connectivity index (χ4n) is 2.12. The van der Waals surface area contributed by atoms with E-state index in [1.807, 2.05) is 0 Å². The summed E-state index contributed by atoms with van der Waals surface area (Å²) < 4.78 is 31.5. The zero-order chi connectivity index (χ0) is 14.6. The quantitative estimate of drug-likeness (QED) is 0.630. The Morgan fingerprint density at radius 1 is 1.20 bits per heavy atom. The van der Waals surface area contributed by atoms with Gasteiger partial charge in [-0.2, -0.15) is 4.31 Å². The van der Waals surface area contributed by atoms with Gasteiger partial charge in [-0.05, 0) is 37.1 Å². The molecule has 7 heteroatoms. The maximum Gasteiger partial charge on any atom is 0.243 e. The zero-order valence-corrected chi connectivity index (χ0v) is 12.0. The van der Waals surface area contributed by atoms with E-state index in [1.54, 1.807) is 12.1 Å². The Hall–Kier alpha value is -1.60. The van der Waals surface area contributed by atoms with Gasteiger partial charge in [0.2, 0.25) is 10.0 Å². The van der Waals surface area contributed by atoms with E-state index in [1.165, 1.54) is 16.4 Å². The minimum Gasteiger partial charge on any atom is -0.486 e. The minimum absolute atomic E-state index is 0.00176. The molecule has 1 fully saturated rings. The van der Waals surface area contributed by atoms with Crippen LogP contribution in [0.2, 0.25) is 0 Å². The Labute approximate surface area is 119 Å². The number of rotatable bonds is 5.